The molecule has 0 fully saturated rings. The minimum atomic E-state index is 0.339. The monoisotopic (exact) mass is 296 g/mol. The van der Waals surface area contributed by atoms with Crippen molar-refractivity contribution in [3.63, 3.8) is 0 Å². The molecule has 1 nitrogen and oxygen atoms in total. The van der Waals surface area contributed by atoms with Gasteiger partial charge in [0.15, 0.2) is 0 Å². The summed E-state index contributed by atoms with van der Waals surface area (Å²) in [5.74, 6) is 1.01. The molecule has 0 aliphatic heterocycles. The first-order valence-corrected chi connectivity index (χ1v) is 5.38. The SMILES string of the molecule is Oc1cc(I)cc(CCCCl)c1. The summed E-state index contributed by atoms with van der Waals surface area (Å²) in [6, 6.07) is 5.59. The Bertz CT molecular complexity index is 242. The third-order valence-electron chi connectivity index (χ3n) is 1.54. The van der Waals surface area contributed by atoms with E-state index < -0.39 is 0 Å². The van der Waals surface area contributed by atoms with E-state index in [1.54, 1.807) is 12.1 Å². The van der Waals surface area contributed by atoms with Gasteiger partial charge in [-0.2, -0.15) is 0 Å². The summed E-state index contributed by atoms with van der Waals surface area (Å²) in [6.45, 7) is 0. The molecule has 1 aromatic rings. The number of benzene rings is 1. The fourth-order valence-electron chi connectivity index (χ4n) is 1.05. The van der Waals surface area contributed by atoms with Crippen LogP contribution in [0.25, 0.3) is 0 Å². The minimum Gasteiger partial charge on any atom is -0.508 e. The van der Waals surface area contributed by atoms with E-state index in [4.69, 9.17) is 11.6 Å². The van der Waals surface area contributed by atoms with Gasteiger partial charge in [0, 0.05) is 9.45 Å². The molecule has 1 rings (SSSR count). The van der Waals surface area contributed by atoms with Gasteiger partial charge in [0.2, 0.25) is 0 Å². The number of hydrogen-bond acceptors (Lipinski definition) is 1. The molecule has 0 bridgehead atoms. The standard InChI is InChI=1S/C9H10ClIO/c10-3-1-2-7-4-8(11)6-9(12)5-7/h4-6,12H,1-3H2. The highest BCUT2D eigenvalue weighted by Gasteiger charge is 1.97. The van der Waals surface area contributed by atoms with E-state index in [1.807, 2.05) is 0 Å². The van der Waals surface area contributed by atoms with Crippen molar-refractivity contribution in [2.75, 3.05) is 5.88 Å². The van der Waals surface area contributed by atoms with E-state index in [9.17, 15) is 5.11 Å². The van der Waals surface area contributed by atoms with Gasteiger partial charge in [-0.3, -0.25) is 0 Å². The predicted octanol–water partition coefficient (Wildman–Crippen LogP) is 3.17. The second kappa shape index (κ2) is 4.92. The van der Waals surface area contributed by atoms with E-state index in [2.05, 4.69) is 28.7 Å². The van der Waals surface area contributed by atoms with Crippen LogP contribution in [0, 0.1) is 3.57 Å². The average Bonchev–Trinajstić information content (AvgIpc) is 1.99. The van der Waals surface area contributed by atoms with Gasteiger partial charge in [0.25, 0.3) is 0 Å². The maximum Gasteiger partial charge on any atom is 0.116 e. The summed E-state index contributed by atoms with van der Waals surface area (Å²) in [4.78, 5) is 0. The lowest BCUT2D eigenvalue weighted by atomic mass is 10.1. The molecule has 0 atom stereocenters. The molecule has 0 unspecified atom stereocenters. The summed E-state index contributed by atoms with van der Waals surface area (Å²) in [5, 5.41) is 9.26. The highest BCUT2D eigenvalue weighted by Crippen LogP contribution is 2.18. The van der Waals surface area contributed by atoms with Gasteiger partial charge in [-0.15, -0.1) is 11.6 Å². The zero-order chi connectivity index (χ0) is 8.97. The molecule has 66 valence electrons. The predicted molar refractivity (Wildman–Crippen MR) is 59.9 cm³/mol. The number of alkyl halides is 1. The summed E-state index contributed by atoms with van der Waals surface area (Å²) < 4.78 is 1.07. The molecule has 0 aliphatic rings. The van der Waals surface area contributed by atoms with Gasteiger partial charge < -0.3 is 5.11 Å². The molecule has 12 heavy (non-hydrogen) atoms. The molecule has 0 radical (unpaired) electrons. The molecular weight excluding hydrogens is 286 g/mol. The van der Waals surface area contributed by atoms with Crippen LogP contribution in [0.4, 0.5) is 0 Å². The van der Waals surface area contributed by atoms with Crippen LogP contribution in [-0.2, 0) is 6.42 Å². The molecule has 0 saturated carbocycles. The average molecular weight is 297 g/mol. The van der Waals surface area contributed by atoms with Gasteiger partial charge in [-0.05, 0) is 59.2 Å². The van der Waals surface area contributed by atoms with E-state index in [0.29, 0.717) is 11.6 Å². The second-order valence-corrected chi connectivity index (χ2v) is 4.23. The Kier molecular flexibility index (Phi) is 4.15. The summed E-state index contributed by atoms with van der Waals surface area (Å²) in [7, 11) is 0. The maximum atomic E-state index is 9.26. The Hall–Kier alpha value is 0.0400. The fourth-order valence-corrected chi connectivity index (χ4v) is 1.90. The largest absolute Gasteiger partial charge is 0.508 e. The van der Waals surface area contributed by atoms with Crippen molar-refractivity contribution in [2.45, 2.75) is 12.8 Å². The quantitative estimate of drug-likeness (QED) is 0.671. The minimum absolute atomic E-state index is 0.339. The van der Waals surface area contributed by atoms with Gasteiger partial charge in [-0.1, -0.05) is 0 Å². The molecule has 0 spiro atoms. The lowest BCUT2D eigenvalue weighted by molar-refractivity contribution is 0.474. The Morgan fingerprint density at radius 2 is 2.08 bits per heavy atom. The number of phenolic OH excluding ortho intramolecular Hbond substituents is 1. The van der Waals surface area contributed by atoms with Crippen LogP contribution in [0.15, 0.2) is 18.2 Å². The van der Waals surface area contributed by atoms with Crippen molar-refractivity contribution < 1.29 is 5.11 Å². The summed E-state index contributed by atoms with van der Waals surface area (Å²) in [5.41, 5.74) is 1.15. The van der Waals surface area contributed by atoms with Crippen molar-refractivity contribution in [3.05, 3.63) is 27.3 Å². The van der Waals surface area contributed by atoms with Crippen molar-refractivity contribution >= 4 is 34.2 Å². The van der Waals surface area contributed by atoms with Crippen LogP contribution in [-0.4, -0.2) is 11.0 Å². The lowest BCUT2D eigenvalue weighted by Gasteiger charge is -2.01. The number of halogens is 2. The molecule has 1 aromatic carbocycles. The Morgan fingerprint density at radius 3 is 2.67 bits per heavy atom. The van der Waals surface area contributed by atoms with Gasteiger partial charge in [-0.25, -0.2) is 0 Å². The zero-order valence-electron chi connectivity index (χ0n) is 6.56. The van der Waals surface area contributed by atoms with E-state index in [1.165, 1.54) is 0 Å². The van der Waals surface area contributed by atoms with Crippen LogP contribution in [0.3, 0.4) is 0 Å². The first kappa shape index (κ1) is 10.1. The number of hydrogen-bond donors (Lipinski definition) is 1. The molecule has 1 N–H and O–H groups in total. The highest BCUT2D eigenvalue weighted by molar-refractivity contribution is 14.1. The molecule has 0 heterocycles. The second-order valence-electron chi connectivity index (χ2n) is 2.61. The van der Waals surface area contributed by atoms with E-state index >= 15 is 0 Å². The molecule has 0 aliphatic carbocycles. The molecule has 0 saturated heterocycles. The third kappa shape index (κ3) is 3.19. The van der Waals surface area contributed by atoms with Crippen LogP contribution < -0.4 is 0 Å². The Labute approximate surface area is 90.9 Å². The van der Waals surface area contributed by atoms with Crippen molar-refractivity contribution in [1.29, 1.82) is 0 Å². The van der Waals surface area contributed by atoms with E-state index in [-0.39, 0.29) is 0 Å². The number of aryl methyl sites for hydroxylation is 1. The van der Waals surface area contributed by atoms with Crippen molar-refractivity contribution in [1.82, 2.24) is 0 Å². The highest BCUT2D eigenvalue weighted by atomic mass is 127. The smallest absolute Gasteiger partial charge is 0.116 e. The van der Waals surface area contributed by atoms with Crippen LogP contribution >= 0.6 is 34.2 Å². The lowest BCUT2D eigenvalue weighted by Crippen LogP contribution is -1.86. The van der Waals surface area contributed by atoms with Crippen molar-refractivity contribution in [2.24, 2.45) is 0 Å². The van der Waals surface area contributed by atoms with Gasteiger partial charge >= 0.3 is 0 Å². The fraction of sp³-hybridized carbons (Fsp3) is 0.333. The number of rotatable bonds is 3. The van der Waals surface area contributed by atoms with Crippen LogP contribution in [0.2, 0.25) is 0 Å². The number of phenols is 1. The first-order chi connectivity index (χ1) is 5.72. The molecular formula is C9H10ClIO. The molecule has 3 heteroatoms. The van der Waals surface area contributed by atoms with Gasteiger partial charge in [0.05, 0.1) is 0 Å². The normalized spacial score (nSPS) is 10.2. The summed E-state index contributed by atoms with van der Waals surface area (Å²) in [6.07, 6.45) is 1.90. The van der Waals surface area contributed by atoms with Gasteiger partial charge in [0.1, 0.15) is 5.75 Å². The van der Waals surface area contributed by atoms with Crippen LogP contribution in [0.1, 0.15) is 12.0 Å². The molecule has 0 amide bonds. The van der Waals surface area contributed by atoms with Crippen LogP contribution in [0.5, 0.6) is 5.75 Å². The first-order valence-electron chi connectivity index (χ1n) is 3.77. The zero-order valence-corrected chi connectivity index (χ0v) is 9.47. The Balaban J connectivity index is 2.72. The van der Waals surface area contributed by atoms with Crippen molar-refractivity contribution in [3.8, 4) is 5.75 Å². The Morgan fingerprint density at radius 1 is 1.33 bits per heavy atom. The maximum absolute atomic E-state index is 9.26. The molecule has 0 aromatic heterocycles. The third-order valence-corrected chi connectivity index (χ3v) is 2.43. The summed E-state index contributed by atoms with van der Waals surface area (Å²) >= 11 is 7.76. The van der Waals surface area contributed by atoms with E-state index in [0.717, 1.165) is 22.0 Å². The topological polar surface area (TPSA) is 20.2 Å². The number of aromatic hydroxyl groups is 1.